The zero-order chi connectivity index (χ0) is 22.5. The van der Waals surface area contributed by atoms with Crippen molar-refractivity contribution in [2.75, 3.05) is 13.2 Å². The summed E-state index contributed by atoms with van der Waals surface area (Å²) >= 11 is 14.1. The molecule has 8 heteroatoms. The minimum Gasteiger partial charge on any atom is -0.457 e. The fourth-order valence-corrected chi connectivity index (χ4v) is 4.70. The van der Waals surface area contributed by atoms with Crippen molar-refractivity contribution in [2.24, 2.45) is 4.99 Å². The standard InChI is InChI=1S/C24H20Cl2N2O3S/c1-2-30-14-13-28-22-20(12-11-19(25)21(22)26)32-24(28)27-23(29)16-7-6-10-18(15-16)31-17-8-4-3-5-9-17/h3-12,15H,2,13-14H2,1H3. The Morgan fingerprint density at radius 2 is 1.81 bits per heavy atom. The fourth-order valence-electron chi connectivity index (χ4n) is 3.16. The number of rotatable bonds is 7. The molecule has 0 fully saturated rings. The van der Waals surface area contributed by atoms with Crippen molar-refractivity contribution in [3.8, 4) is 11.5 Å². The van der Waals surface area contributed by atoms with E-state index in [1.807, 2.05) is 47.9 Å². The largest absolute Gasteiger partial charge is 0.457 e. The van der Waals surface area contributed by atoms with Crippen LogP contribution in [0, 0.1) is 0 Å². The topological polar surface area (TPSA) is 52.8 Å². The molecular formula is C24H20Cl2N2O3S. The van der Waals surface area contributed by atoms with Crippen LogP contribution in [0.2, 0.25) is 10.0 Å². The summed E-state index contributed by atoms with van der Waals surface area (Å²) in [4.78, 5) is 17.9. The van der Waals surface area contributed by atoms with Crippen molar-refractivity contribution >= 4 is 50.7 Å². The molecule has 1 amide bonds. The Bertz CT molecular complexity index is 1320. The Labute approximate surface area is 199 Å². The first-order valence-corrected chi connectivity index (χ1v) is 11.6. The summed E-state index contributed by atoms with van der Waals surface area (Å²) in [7, 11) is 0. The van der Waals surface area contributed by atoms with Crippen molar-refractivity contribution in [3.05, 3.63) is 87.1 Å². The van der Waals surface area contributed by atoms with Gasteiger partial charge in [-0.15, -0.1) is 0 Å². The highest BCUT2D eigenvalue weighted by Gasteiger charge is 2.14. The van der Waals surface area contributed by atoms with Crippen LogP contribution < -0.4 is 9.54 Å². The summed E-state index contributed by atoms with van der Waals surface area (Å²) in [5.74, 6) is 0.883. The maximum Gasteiger partial charge on any atom is 0.279 e. The average Bonchev–Trinajstić information content (AvgIpc) is 3.15. The van der Waals surface area contributed by atoms with E-state index in [1.54, 1.807) is 30.3 Å². The number of hydrogen-bond donors (Lipinski definition) is 0. The zero-order valence-corrected chi connectivity index (χ0v) is 19.6. The number of fused-ring (bicyclic) bond motifs is 1. The van der Waals surface area contributed by atoms with Gasteiger partial charge in [0.1, 0.15) is 11.5 Å². The number of carbonyl (C=O) groups excluding carboxylic acids is 1. The number of thiazole rings is 1. The van der Waals surface area contributed by atoms with Crippen molar-refractivity contribution in [3.63, 3.8) is 0 Å². The number of benzene rings is 3. The molecule has 0 unspecified atom stereocenters. The van der Waals surface area contributed by atoms with Crippen LogP contribution in [0.5, 0.6) is 11.5 Å². The number of nitrogens with zero attached hydrogens (tertiary/aromatic N) is 2. The van der Waals surface area contributed by atoms with E-state index in [0.29, 0.717) is 51.7 Å². The van der Waals surface area contributed by atoms with Crippen molar-refractivity contribution in [2.45, 2.75) is 13.5 Å². The van der Waals surface area contributed by atoms with E-state index in [1.165, 1.54) is 11.3 Å². The van der Waals surface area contributed by atoms with Crippen LogP contribution in [0.25, 0.3) is 10.2 Å². The van der Waals surface area contributed by atoms with Gasteiger partial charge < -0.3 is 14.0 Å². The second-order valence-corrected chi connectivity index (χ2v) is 8.60. The predicted molar refractivity (Wildman–Crippen MR) is 129 cm³/mol. The molecule has 4 aromatic rings. The Morgan fingerprint density at radius 3 is 2.59 bits per heavy atom. The molecule has 164 valence electrons. The molecule has 32 heavy (non-hydrogen) atoms. The quantitative estimate of drug-likeness (QED) is 0.277. The van der Waals surface area contributed by atoms with Gasteiger partial charge in [-0.1, -0.05) is 58.8 Å². The number of amides is 1. The Morgan fingerprint density at radius 1 is 1.03 bits per heavy atom. The van der Waals surface area contributed by atoms with Crippen LogP contribution in [0.15, 0.2) is 71.7 Å². The van der Waals surface area contributed by atoms with Gasteiger partial charge in [0.2, 0.25) is 0 Å². The molecule has 0 aliphatic carbocycles. The highest BCUT2D eigenvalue weighted by Crippen LogP contribution is 2.32. The van der Waals surface area contributed by atoms with Gasteiger partial charge in [0.05, 0.1) is 26.9 Å². The summed E-state index contributed by atoms with van der Waals surface area (Å²) < 4.78 is 14.1. The SMILES string of the molecule is CCOCCn1c(=NC(=O)c2cccc(Oc3ccccc3)c2)sc2ccc(Cl)c(Cl)c21. The van der Waals surface area contributed by atoms with Gasteiger partial charge in [-0.2, -0.15) is 4.99 Å². The molecule has 0 aliphatic heterocycles. The first-order valence-electron chi connectivity index (χ1n) is 10.0. The van der Waals surface area contributed by atoms with Gasteiger partial charge in [0.25, 0.3) is 5.91 Å². The Hall–Kier alpha value is -2.64. The number of halogens is 2. The van der Waals surface area contributed by atoms with Crippen LogP contribution >= 0.6 is 34.5 Å². The minimum atomic E-state index is -0.373. The lowest BCUT2D eigenvalue weighted by Crippen LogP contribution is -2.20. The van der Waals surface area contributed by atoms with E-state index < -0.39 is 0 Å². The molecule has 1 aromatic heterocycles. The van der Waals surface area contributed by atoms with E-state index in [9.17, 15) is 4.79 Å². The van der Waals surface area contributed by atoms with E-state index in [4.69, 9.17) is 32.7 Å². The number of para-hydroxylation sites is 1. The summed E-state index contributed by atoms with van der Waals surface area (Å²) in [5.41, 5.74) is 1.17. The molecule has 3 aromatic carbocycles. The highest BCUT2D eigenvalue weighted by atomic mass is 35.5. The summed E-state index contributed by atoms with van der Waals surface area (Å²) in [6.07, 6.45) is 0. The minimum absolute atomic E-state index is 0.373. The molecule has 4 rings (SSSR count). The van der Waals surface area contributed by atoms with Crippen LogP contribution in [0.1, 0.15) is 17.3 Å². The summed E-state index contributed by atoms with van der Waals surface area (Å²) in [5, 5.41) is 0.884. The maximum atomic E-state index is 13.0. The van der Waals surface area contributed by atoms with Gasteiger partial charge >= 0.3 is 0 Å². The molecule has 0 radical (unpaired) electrons. The molecule has 0 aliphatic rings. The monoisotopic (exact) mass is 486 g/mol. The van der Waals surface area contributed by atoms with Gasteiger partial charge in [0, 0.05) is 18.7 Å². The van der Waals surface area contributed by atoms with Crippen LogP contribution in [-0.4, -0.2) is 23.7 Å². The van der Waals surface area contributed by atoms with Crippen LogP contribution in [0.4, 0.5) is 0 Å². The molecule has 0 saturated carbocycles. The first-order chi connectivity index (χ1) is 15.6. The van der Waals surface area contributed by atoms with Crippen LogP contribution in [0.3, 0.4) is 0 Å². The normalized spacial score (nSPS) is 11.8. The van der Waals surface area contributed by atoms with Gasteiger partial charge in [0.15, 0.2) is 4.80 Å². The highest BCUT2D eigenvalue weighted by molar-refractivity contribution is 7.16. The van der Waals surface area contributed by atoms with Gasteiger partial charge in [-0.05, 0) is 49.4 Å². The number of aromatic nitrogens is 1. The summed E-state index contributed by atoms with van der Waals surface area (Å²) in [6.45, 7) is 3.49. The molecular weight excluding hydrogens is 467 g/mol. The maximum absolute atomic E-state index is 13.0. The molecule has 0 spiro atoms. The molecule has 1 heterocycles. The van der Waals surface area contributed by atoms with E-state index in [-0.39, 0.29) is 5.91 Å². The molecule has 0 bridgehead atoms. The Balaban J connectivity index is 1.71. The smallest absolute Gasteiger partial charge is 0.279 e. The van der Waals surface area contributed by atoms with Gasteiger partial charge in [-0.25, -0.2) is 0 Å². The third kappa shape index (κ3) is 5.05. The second-order valence-electron chi connectivity index (χ2n) is 6.80. The van der Waals surface area contributed by atoms with Crippen molar-refractivity contribution in [1.82, 2.24) is 4.57 Å². The lowest BCUT2D eigenvalue weighted by molar-refractivity contribution is 0.0996. The first kappa shape index (κ1) is 22.6. The van der Waals surface area contributed by atoms with Gasteiger partial charge in [-0.3, -0.25) is 4.79 Å². The molecule has 5 nitrogen and oxygen atoms in total. The molecule has 0 atom stereocenters. The predicted octanol–water partition coefficient (Wildman–Crippen LogP) is 6.58. The Kier molecular flexibility index (Phi) is 7.27. The van der Waals surface area contributed by atoms with Crippen molar-refractivity contribution in [1.29, 1.82) is 0 Å². The number of ether oxygens (including phenoxy) is 2. The lowest BCUT2D eigenvalue weighted by Gasteiger charge is -2.08. The number of carbonyl (C=O) groups is 1. The van der Waals surface area contributed by atoms with Crippen LogP contribution in [-0.2, 0) is 11.3 Å². The summed E-state index contributed by atoms with van der Waals surface area (Å²) in [6, 6.07) is 20.0. The molecule has 0 N–H and O–H groups in total. The third-order valence-corrected chi connectivity index (χ3v) is 6.49. The fraction of sp³-hybridized carbons (Fsp3) is 0.167. The average molecular weight is 487 g/mol. The second kappa shape index (κ2) is 10.3. The van der Waals surface area contributed by atoms with E-state index in [2.05, 4.69) is 4.99 Å². The van der Waals surface area contributed by atoms with Crippen molar-refractivity contribution < 1.29 is 14.3 Å². The van der Waals surface area contributed by atoms with E-state index in [0.717, 1.165) is 10.2 Å². The molecule has 0 saturated heterocycles. The third-order valence-electron chi connectivity index (χ3n) is 4.65. The lowest BCUT2D eigenvalue weighted by atomic mass is 10.2. The number of hydrogen-bond acceptors (Lipinski definition) is 4. The van der Waals surface area contributed by atoms with E-state index >= 15 is 0 Å². The zero-order valence-electron chi connectivity index (χ0n) is 17.3.